The molecule has 0 unspecified atom stereocenters. The van der Waals surface area contributed by atoms with Gasteiger partial charge < -0.3 is 10.1 Å². The van der Waals surface area contributed by atoms with Gasteiger partial charge in [-0.05, 0) is 55.8 Å². The largest absolute Gasteiger partial charge is 0.497 e. The van der Waals surface area contributed by atoms with E-state index in [0.717, 1.165) is 11.3 Å². The van der Waals surface area contributed by atoms with E-state index in [1.165, 1.54) is 29.2 Å². The molecule has 2 aromatic carbocycles. The van der Waals surface area contributed by atoms with Gasteiger partial charge in [0.1, 0.15) is 23.0 Å². The summed E-state index contributed by atoms with van der Waals surface area (Å²) >= 11 is 5.73. The Hall–Kier alpha value is -2.60. The van der Waals surface area contributed by atoms with Gasteiger partial charge in [0.2, 0.25) is 11.8 Å². The first-order valence-electron chi connectivity index (χ1n) is 8.35. The van der Waals surface area contributed by atoms with E-state index in [4.69, 9.17) is 16.3 Å². The van der Waals surface area contributed by atoms with Crippen molar-refractivity contribution < 1.29 is 18.7 Å². The molecule has 0 saturated carbocycles. The zero-order valence-electron chi connectivity index (χ0n) is 15.5. The number of alkyl halides is 1. The number of hydrogen-bond acceptors (Lipinski definition) is 3. The number of hydrogen-bond donors (Lipinski definition) is 1. The Bertz CT molecular complexity index is 792. The van der Waals surface area contributed by atoms with Gasteiger partial charge in [0.15, 0.2) is 0 Å². The third-order valence-corrected chi connectivity index (χ3v) is 4.40. The first kappa shape index (κ1) is 20.7. The number of amides is 2. The summed E-state index contributed by atoms with van der Waals surface area (Å²) in [5.41, 5.74) is 0.0552. The Morgan fingerprint density at radius 1 is 1.11 bits per heavy atom. The Kier molecular flexibility index (Phi) is 6.80. The molecule has 0 bridgehead atoms. The molecule has 1 N–H and O–H groups in total. The lowest BCUT2D eigenvalue weighted by Crippen LogP contribution is -2.57. The van der Waals surface area contributed by atoms with E-state index >= 15 is 0 Å². The molecule has 0 fully saturated rings. The van der Waals surface area contributed by atoms with Crippen molar-refractivity contribution in [2.75, 3.05) is 17.9 Å². The monoisotopic (exact) mass is 392 g/mol. The minimum Gasteiger partial charge on any atom is -0.497 e. The molecule has 0 radical (unpaired) electrons. The number of ether oxygens (including phenoxy) is 1. The molecule has 2 rings (SSSR count). The molecule has 0 saturated heterocycles. The summed E-state index contributed by atoms with van der Waals surface area (Å²) in [6.45, 7) is 3.52. The minimum atomic E-state index is -1.23. The van der Waals surface area contributed by atoms with Crippen LogP contribution >= 0.6 is 11.6 Å². The van der Waals surface area contributed by atoms with Crippen LogP contribution < -0.4 is 15.0 Å². The van der Waals surface area contributed by atoms with E-state index < -0.39 is 17.3 Å². The highest BCUT2D eigenvalue weighted by Gasteiger charge is 2.38. The highest BCUT2D eigenvalue weighted by Crippen LogP contribution is 2.25. The van der Waals surface area contributed by atoms with Crippen LogP contribution in [0.4, 0.5) is 10.1 Å². The fourth-order valence-electron chi connectivity index (χ4n) is 2.67. The fraction of sp³-hybridized carbons (Fsp3) is 0.300. The first-order chi connectivity index (χ1) is 12.8. The van der Waals surface area contributed by atoms with Crippen LogP contribution in [0.5, 0.6) is 5.75 Å². The molecule has 27 heavy (non-hydrogen) atoms. The SMILES string of the molecule is COc1ccc(CNC(=O)C(C)(C)N(C(=O)CCl)c2ccc(F)cc2)cc1. The normalized spacial score (nSPS) is 11.0. The molecular weight excluding hydrogens is 371 g/mol. The molecule has 0 spiro atoms. The topological polar surface area (TPSA) is 58.6 Å². The van der Waals surface area contributed by atoms with Crippen molar-refractivity contribution in [3.63, 3.8) is 0 Å². The van der Waals surface area contributed by atoms with Gasteiger partial charge in [0.05, 0.1) is 7.11 Å². The average molecular weight is 393 g/mol. The number of nitrogens with one attached hydrogen (secondary N) is 1. The van der Waals surface area contributed by atoms with E-state index in [2.05, 4.69) is 5.32 Å². The van der Waals surface area contributed by atoms with Gasteiger partial charge in [-0.25, -0.2) is 4.39 Å². The van der Waals surface area contributed by atoms with Crippen LogP contribution in [-0.2, 0) is 16.1 Å². The minimum absolute atomic E-state index is 0.290. The molecule has 0 heterocycles. The predicted octanol–water partition coefficient (Wildman–Crippen LogP) is 3.50. The second kappa shape index (κ2) is 8.86. The van der Waals surface area contributed by atoms with E-state index in [-0.39, 0.29) is 11.8 Å². The van der Waals surface area contributed by atoms with E-state index in [1.807, 2.05) is 12.1 Å². The summed E-state index contributed by atoms with van der Waals surface area (Å²) in [5, 5.41) is 2.83. The van der Waals surface area contributed by atoms with Crippen molar-refractivity contribution in [3.8, 4) is 5.75 Å². The van der Waals surface area contributed by atoms with Crippen LogP contribution in [0.3, 0.4) is 0 Å². The lowest BCUT2D eigenvalue weighted by atomic mass is 9.99. The number of rotatable bonds is 7. The maximum absolute atomic E-state index is 13.2. The van der Waals surface area contributed by atoms with Gasteiger partial charge in [0, 0.05) is 12.2 Å². The highest BCUT2D eigenvalue weighted by molar-refractivity contribution is 6.30. The van der Waals surface area contributed by atoms with Crippen LogP contribution in [-0.4, -0.2) is 30.3 Å². The lowest BCUT2D eigenvalue weighted by molar-refractivity contribution is -0.128. The van der Waals surface area contributed by atoms with Crippen molar-refractivity contribution in [3.05, 3.63) is 59.9 Å². The summed E-state index contributed by atoms with van der Waals surface area (Å²) in [6.07, 6.45) is 0. The predicted molar refractivity (Wildman–Crippen MR) is 104 cm³/mol. The van der Waals surface area contributed by atoms with Crippen LogP contribution in [0.2, 0.25) is 0 Å². The van der Waals surface area contributed by atoms with E-state index in [0.29, 0.717) is 12.2 Å². The molecule has 2 amide bonds. The smallest absolute Gasteiger partial charge is 0.246 e. The number of carbonyl (C=O) groups excluding carboxylic acids is 2. The number of halogens is 2. The lowest BCUT2D eigenvalue weighted by Gasteiger charge is -2.37. The summed E-state index contributed by atoms with van der Waals surface area (Å²) < 4.78 is 18.3. The van der Waals surface area contributed by atoms with Crippen LogP contribution in [0.25, 0.3) is 0 Å². The molecular formula is C20H22ClFN2O3. The van der Waals surface area contributed by atoms with Gasteiger partial charge in [-0.15, -0.1) is 11.6 Å². The number of methoxy groups -OCH3 is 1. The second-order valence-corrected chi connectivity index (χ2v) is 6.70. The molecule has 0 aliphatic rings. The molecule has 144 valence electrons. The van der Waals surface area contributed by atoms with Gasteiger partial charge in [0.25, 0.3) is 0 Å². The zero-order chi connectivity index (χ0) is 20.0. The van der Waals surface area contributed by atoms with Crippen molar-refractivity contribution in [1.82, 2.24) is 5.32 Å². The summed E-state index contributed by atoms with van der Waals surface area (Å²) in [7, 11) is 1.58. The van der Waals surface area contributed by atoms with E-state index in [9.17, 15) is 14.0 Å². The summed E-state index contributed by atoms with van der Waals surface area (Å²) in [5.74, 6) is -0.819. The van der Waals surface area contributed by atoms with Gasteiger partial charge >= 0.3 is 0 Å². The number of benzene rings is 2. The molecule has 0 aliphatic heterocycles. The van der Waals surface area contributed by atoms with Gasteiger partial charge in [-0.3, -0.25) is 14.5 Å². The zero-order valence-corrected chi connectivity index (χ0v) is 16.2. The third-order valence-electron chi connectivity index (χ3n) is 4.18. The van der Waals surface area contributed by atoms with Crippen molar-refractivity contribution in [2.45, 2.75) is 25.9 Å². The molecule has 2 aromatic rings. The summed E-state index contributed by atoms with van der Waals surface area (Å²) in [6, 6.07) is 12.6. The molecule has 7 heteroatoms. The van der Waals surface area contributed by atoms with Gasteiger partial charge in [-0.2, -0.15) is 0 Å². The second-order valence-electron chi connectivity index (χ2n) is 6.43. The standard InChI is InChI=1S/C20H22ClFN2O3/c1-20(2,19(26)23-13-14-4-10-17(27-3)11-5-14)24(18(25)12-21)16-8-6-15(22)7-9-16/h4-11H,12-13H2,1-3H3,(H,23,26). The first-order valence-corrected chi connectivity index (χ1v) is 8.89. The third kappa shape index (κ3) is 4.98. The molecule has 0 atom stereocenters. The maximum Gasteiger partial charge on any atom is 0.246 e. The Labute approximate surface area is 163 Å². The quantitative estimate of drug-likeness (QED) is 0.734. The van der Waals surface area contributed by atoms with Crippen LogP contribution in [0, 0.1) is 5.82 Å². The molecule has 0 aromatic heterocycles. The van der Waals surface area contributed by atoms with Crippen LogP contribution in [0.15, 0.2) is 48.5 Å². The average Bonchev–Trinajstić information content (AvgIpc) is 2.67. The van der Waals surface area contributed by atoms with Gasteiger partial charge in [-0.1, -0.05) is 12.1 Å². The number of carbonyl (C=O) groups is 2. The van der Waals surface area contributed by atoms with Crippen molar-refractivity contribution in [1.29, 1.82) is 0 Å². The Balaban J connectivity index is 2.18. The summed E-state index contributed by atoms with van der Waals surface area (Å²) in [4.78, 5) is 26.5. The number of anilines is 1. The fourth-order valence-corrected chi connectivity index (χ4v) is 2.79. The maximum atomic E-state index is 13.2. The molecule has 0 aliphatic carbocycles. The Morgan fingerprint density at radius 2 is 1.70 bits per heavy atom. The van der Waals surface area contributed by atoms with Crippen molar-refractivity contribution in [2.24, 2.45) is 0 Å². The molecule has 5 nitrogen and oxygen atoms in total. The Morgan fingerprint density at radius 3 is 2.22 bits per heavy atom. The highest BCUT2D eigenvalue weighted by atomic mass is 35.5. The number of nitrogens with zero attached hydrogens (tertiary/aromatic N) is 1. The van der Waals surface area contributed by atoms with Crippen LogP contribution in [0.1, 0.15) is 19.4 Å². The van der Waals surface area contributed by atoms with Crippen molar-refractivity contribution >= 4 is 29.1 Å². The van der Waals surface area contributed by atoms with E-state index in [1.54, 1.807) is 33.1 Å².